The minimum atomic E-state index is -3.66. The summed E-state index contributed by atoms with van der Waals surface area (Å²) in [6.07, 6.45) is 5.24. The lowest BCUT2D eigenvalue weighted by atomic mass is 9.92. The van der Waals surface area contributed by atoms with Crippen LogP contribution < -0.4 is 0 Å². The molecule has 1 aromatic rings. The topological polar surface area (TPSA) is 71.5 Å². The molecule has 0 N–H and O–H groups in total. The molecule has 1 aromatic carbocycles. The van der Waals surface area contributed by atoms with Gasteiger partial charge < -0.3 is 0 Å². The molecule has 0 saturated carbocycles. The highest BCUT2D eigenvalue weighted by Crippen LogP contribution is 2.29. The Morgan fingerprint density at radius 3 is 2.50 bits per heavy atom. The maximum Gasteiger partial charge on any atom is 0.243 e. The van der Waals surface area contributed by atoms with Crippen molar-refractivity contribution in [2.75, 3.05) is 18.1 Å². The molecule has 3 rings (SSSR count). The monoisotopic (exact) mass is 371 g/mol. The van der Waals surface area contributed by atoms with Crippen molar-refractivity contribution in [2.45, 2.75) is 56.4 Å². The van der Waals surface area contributed by atoms with Crippen molar-refractivity contribution in [2.24, 2.45) is 0 Å². The average Bonchev–Trinajstić information content (AvgIpc) is 2.91. The van der Waals surface area contributed by atoms with Gasteiger partial charge in [-0.1, -0.05) is 13.0 Å². The molecule has 1 atom stereocenters. The molecular formula is C17H25NO4S2. The molecule has 2 aliphatic rings. The minimum Gasteiger partial charge on any atom is -0.229 e. The molecule has 1 saturated heterocycles. The van der Waals surface area contributed by atoms with E-state index in [1.165, 1.54) is 9.87 Å². The number of rotatable bonds is 5. The van der Waals surface area contributed by atoms with Crippen molar-refractivity contribution in [1.82, 2.24) is 4.31 Å². The Balaban J connectivity index is 1.94. The summed E-state index contributed by atoms with van der Waals surface area (Å²) in [6, 6.07) is 4.98. The van der Waals surface area contributed by atoms with Gasteiger partial charge in [0.25, 0.3) is 0 Å². The van der Waals surface area contributed by atoms with E-state index < -0.39 is 25.9 Å². The highest BCUT2D eigenvalue weighted by Gasteiger charge is 2.38. The number of benzene rings is 1. The second-order valence-corrected chi connectivity index (χ2v) is 10.9. The first kappa shape index (κ1) is 17.9. The predicted molar refractivity (Wildman–Crippen MR) is 94.3 cm³/mol. The van der Waals surface area contributed by atoms with Crippen molar-refractivity contribution in [1.29, 1.82) is 0 Å². The fourth-order valence-electron chi connectivity index (χ4n) is 3.73. The van der Waals surface area contributed by atoms with Crippen molar-refractivity contribution in [3.63, 3.8) is 0 Å². The summed E-state index contributed by atoms with van der Waals surface area (Å²) in [5.41, 5.74) is 2.36. The van der Waals surface area contributed by atoms with Crippen molar-refractivity contribution >= 4 is 19.9 Å². The van der Waals surface area contributed by atoms with Crippen LogP contribution in [-0.4, -0.2) is 45.2 Å². The summed E-state index contributed by atoms with van der Waals surface area (Å²) in [5.74, 6) is 0.0226. The Labute approximate surface area is 145 Å². The zero-order chi connectivity index (χ0) is 17.4. The van der Waals surface area contributed by atoms with Gasteiger partial charge in [-0.3, -0.25) is 0 Å². The molecule has 1 aliphatic carbocycles. The summed E-state index contributed by atoms with van der Waals surface area (Å²) in [4.78, 5) is 0.306. The molecule has 5 nitrogen and oxygen atoms in total. The van der Waals surface area contributed by atoms with Crippen LogP contribution in [0.5, 0.6) is 0 Å². The molecule has 1 heterocycles. The van der Waals surface area contributed by atoms with Crippen LogP contribution in [0.3, 0.4) is 0 Å². The van der Waals surface area contributed by atoms with Crippen LogP contribution in [0.4, 0.5) is 0 Å². The van der Waals surface area contributed by atoms with Crippen molar-refractivity contribution in [3.8, 4) is 0 Å². The third kappa shape index (κ3) is 3.53. The van der Waals surface area contributed by atoms with Crippen LogP contribution >= 0.6 is 0 Å². The summed E-state index contributed by atoms with van der Waals surface area (Å²) in [5, 5.41) is 0. The Bertz CT molecular complexity index is 815. The predicted octanol–water partition coefficient (Wildman–Crippen LogP) is 2.15. The van der Waals surface area contributed by atoms with E-state index in [0.29, 0.717) is 24.3 Å². The zero-order valence-corrected chi connectivity index (χ0v) is 15.7. The zero-order valence-electron chi connectivity index (χ0n) is 14.1. The third-order valence-electron chi connectivity index (χ3n) is 4.99. The first-order chi connectivity index (χ1) is 11.3. The smallest absolute Gasteiger partial charge is 0.229 e. The van der Waals surface area contributed by atoms with Gasteiger partial charge in [0.15, 0.2) is 9.84 Å². The Hall–Kier alpha value is -0.920. The highest BCUT2D eigenvalue weighted by atomic mass is 32.2. The maximum absolute atomic E-state index is 13.1. The van der Waals surface area contributed by atoms with Gasteiger partial charge in [-0.15, -0.1) is 0 Å². The highest BCUT2D eigenvalue weighted by molar-refractivity contribution is 7.92. The lowest BCUT2D eigenvalue weighted by Crippen LogP contribution is -2.41. The van der Waals surface area contributed by atoms with E-state index in [1.807, 2.05) is 13.0 Å². The van der Waals surface area contributed by atoms with Gasteiger partial charge in [-0.2, -0.15) is 4.31 Å². The summed E-state index contributed by atoms with van der Waals surface area (Å²) >= 11 is 0. The largest absolute Gasteiger partial charge is 0.243 e. The van der Waals surface area contributed by atoms with E-state index >= 15 is 0 Å². The molecule has 0 aromatic heterocycles. The van der Waals surface area contributed by atoms with Gasteiger partial charge >= 0.3 is 0 Å². The third-order valence-corrected chi connectivity index (χ3v) is 8.68. The van der Waals surface area contributed by atoms with Crippen LogP contribution in [0.2, 0.25) is 0 Å². The standard InChI is InChI=1S/C17H25NO4S2/c1-2-10-18(16-9-11-23(19,20)13-16)24(21,22)17-8-7-14-5-3-4-6-15(14)12-17/h7-8,12,16H,2-6,9-11,13H2,1H3/t16-/m1/s1. The van der Waals surface area contributed by atoms with Gasteiger partial charge in [0.05, 0.1) is 16.4 Å². The number of fused-ring (bicyclic) bond motifs is 1. The quantitative estimate of drug-likeness (QED) is 0.795. The number of aryl methyl sites for hydroxylation is 2. The summed E-state index contributed by atoms with van der Waals surface area (Å²) in [7, 11) is -6.78. The number of sulfone groups is 1. The molecule has 0 unspecified atom stereocenters. The number of sulfonamides is 1. The molecule has 0 radical (unpaired) electrons. The minimum absolute atomic E-state index is 0.0584. The van der Waals surface area contributed by atoms with Crippen LogP contribution in [0, 0.1) is 0 Å². The molecule has 1 aliphatic heterocycles. The van der Waals surface area contributed by atoms with Crippen LogP contribution in [0.1, 0.15) is 43.7 Å². The normalized spacial score (nSPS) is 23.3. The molecule has 0 bridgehead atoms. The van der Waals surface area contributed by atoms with Crippen LogP contribution in [0.15, 0.2) is 23.1 Å². The van der Waals surface area contributed by atoms with Crippen molar-refractivity contribution < 1.29 is 16.8 Å². The molecule has 0 spiro atoms. The summed E-state index contributed by atoms with van der Waals surface area (Å²) < 4.78 is 51.3. The van der Waals surface area contributed by atoms with E-state index in [2.05, 4.69) is 0 Å². The average molecular weight is 372 g/mol. The first-order valence-electron chi connectivity index (χ1n) is 8.67. The van der Waals surface area contributed by atoms with Crippen LogP contribution in [0.25, 0.3) is 0 Å². The Morgan fingerprint density at radius 2 is 1.88 bits per heavy atom. The second-order valence-electron chi connectivity index (χ2n) is 6.81. The lowest BCUT2D eigenvalue weighted by molar-refractivity contribution is 0.340. The fraction of sp³-hybridized carbons (Fsp3) is 0.647. The van der Waals surface area contributed by atoms with Crippen molar-refractivity contribution in [3.05, 3.63) is 29.3 Å². The van der Waals surface area contributed by atoms with Gasteiger partial charge in [-0.05, 0) is 61.8 Å². The molecule has 1 fully saturated rings. The van der Waals surface area contributed by atoms with E-state index in [4.69, 9.17) is 0 Å². The number of hydrogen-bond acceptors (Lipinski definition) is 4. The number of nitrogens with zero attached hydrogens (tertiary/aromatic N) is 1. The second kappa shape index (κ2) is 6.77. The van der Waals surface area contributed by atoms with E-state index in [0.717, 1.165) is 31.2 Å². The molecule has 134 valence electrons. The summed E-state index contributed by atoms with van der Waals surface area (Å²) in [6.45, 7) is 2.28. The maximum atomic E-state index is 13.1. The van der Waals surface area contributed by atoms with Crippen LogP contribution in [-0.2, 0) is 32.7 Å². The fourth-order valence-corrected chi connectivity index (χ4v) is 7.35. The molecule has 0 amide bonds. The SMILES string of the molecule is CCCN([C@@H]1CCS(=O)(=O)C1)S(=O)(=O)c1ccc2c(c1)CCCC2. The van der Waals surface area contributed by atoms with E-state index in [9.17, 15) is 16.8 Å². The van der Waals surface area contributed by atoms with E-state index in [1.54, 1.807) is 12.1 Å². The number of hydrogen-bond donors (Lipinski definition) is 0. The lowest BCUT2D eigenvalue weighted by Gasteiger charge is -2.27. The molecular weight excluding hydrogens is 346 g/mol. The molecule has 24 heavy (non-hydrogen) atoms. The Kier molecular flexibility index (Phi) is 5.04. The first-order valence-corrected chi connectivity index (χ1v) is 11.9. The Morgan fingerprint density at radius 1 is 1.17 bits per heavy atom. The molecule has 7 heteroatoms. The van der Waals surface area contributed by atoms with Gasteiger partial charge in [-0.25, -0.2) is 16.8 Å². The van der Waals surface area contributed by atoms with E-state index in [-0.39, 0.29) is 11.5 Å². The van der Waals surface area contributed by atoms with Gasteiger partial charge in [0.1, 0.15) is 0 Å². The van der Waals surface area contributed by atoms with Gasteiger partial charge in [0.2, 0.25) is 10.0 Å². The van der Waals surface area contributed by atoms with Gasteiger partial charge in [0, 0.05) is 12.6 Å².